The zero-order valence-electron chi connectivity index (χ0n) is 14.6. The van der Waals surface area contributed by atoms with Crippen molar-refractivity contribution in [2.24, 2.45) is 0 Å². The number of nitrogens with zero attached hydrogens (tertiary/aromatic N) is 3. The Morgan fingerprint density at radius 2 is 1.72 bits per heavy atom. The van der Waals surface area contributed by atoms with Crippen molar-refractivity contribution in [3.05, 3.63) is 65.2 Å². The van der Waals surface area contributed by atoms with E-state index in [1.54, 1.807) is 6.08 Å². The average Bonchev–Trinajstić information content (AvgIpc) is 2.67. The first-order valence-corrected chi connectivity index (χ1v) is 8.29. The number of hydrogen-bond donors (Lipinski definition) is 0. The van der Waals surface area contributed by atoms with Gasteiger partial charge in [-0.1, -0.05) is 30.3 Å². The van der Waals surface area contributed by atoms with Gasteiger partial charge in [0.2, 0.25) is 0 Å². The van der Waals surface area contributed by atoms with Crippen LogP contribution in [-0.2, 0) is 6.61 Å². The van der Waals surface area contributed by atoms with Gasteiger partial charge in [-0.05, 0) is 37.6 Å². The maximum Gasteiger partial charge on any atom is 0.130 e. The number of allylic oxidation sites excluding steroid dienone is 1. The van der Waals surface area contributed by atoms with Crippen LogP contribution in [0.2, 0.25) is 0 Å². The second kappa shape index (κ2) is 9.15. The van der Waals surface area contributed by atoms with E-state index in [0.717, 1.165) is 29.9 Å². The maximum atomic E-state index is 9.02. The lowest BCUT2D eigenvalue weighted by Gasteiger charge is -2.22. The number of nitriles is 2. The lowest BCUT2D eigenvalue weighted by Crippen LogP contribution is -2.21. The first kappa shape index (κ1) is 18.1. The second-order valence-corrected chi connectivity index (χ2v) is 5.45. The van der Waals surface area contributed by atoms with Gasteiger partial charge in [0.1, 0.15) is 30.1 Å². The molecule has 0 unspecified atom stereocenters. The molecule has 0 aliphatic heterocycles. The molecule has 2 rings (SSSR count). The van der Waals surface area contributed by atoms with E-state index in [-0.39, 0.29) is 5.57 Å². The van der Waals surface area contributed by atoms with Crippen molar-refractivity contribution < 1.29 is 4.74 Å². The van der Waals surface area contributed by atoms with E-state index in [0.29, 0.717) is 12.4 Å². The Bertz CT molecular complexity index is 793. The average molecular weight is 331 g/mol. The van der Waals surface area contributed by atoms with Gasteiger partial charge in [-0.15, -0.1) is 0 Å². The van der Waals surface area contributed by atoms with Crippen LogP contribution in [0.3, 0.4) is 0 Å². The SMILES string of the molecule is CCN(CC)c1ccc(C=C(C#N)C#N)c(OCc2ccccc2)c1. The fourth-order valence-electron chi connectivity index (χ4n) is 2.53. The van der Waals surface area contributed by atoms with E-state index in [1.165, 1.54) is 0 Å². The van der Waals surface area contributed by atoms with Crippen LogP contribution in [0.1, 0.15) is 25.0 Å². The zero-order chi connectivity index (χ0) is 18.1. The van der Waals surface area contributed by atoms with Crippen molar-refractivity contribution in [1.29, 1.82) is 10.5 Å². The van der Waals surface area contributed by atoms with Crippen LogP contribution in [0, 0.1) is 22.7 Å². The summed E-state index contributed by atoms with van der Waals surface area (Å²) < 4.78 is 6.00. The summed E-state index contributed by atoms with van der Waals surface area (Å²) in [4.78, 5) is 2.22. The summed E-state index contributed by atoms with van der Waals surface area (Å²) >= 11 is 0. The van der Waals surface area contributed by atoms with Crippen LogP contribution in [-0.4, -0.2) is 13.1 Å². The van der Waals surface area contributed by atoms with Gasteiger partial charge in [-0.25, -0.2) is 0 Å². The third-order valence-corrected chi connectivity index (χ3v) is 3.90. The molecule has 0 saturated heterocycles. The molecule has 0 aromatic heterocycles. The van der Waals surface area contributed by atoms with E-state index in [4.69, 9.17) is 15.3 Å². The molecule has 0 aliphatic carbocycles. The number of hydrogen-bond acceptors (Lipinski definition) is 4. The lowest BCUT2D eigenvalue weighted by molar-refractivity contribution is 0.305. The van der Waals surface area contributed by atoms with Crippen molar-refractivity contribution in [1.82, 2.24) is 0 Å². The molecular weight excluding hydrogens is 310 g/mol. The molecule has 2 aromatic carbocycles. The van der Waals surface area contributed by atoms with Crippen molar-refractivity contribution in [3.63, 3.8) is 0 Å². The van der Waals surface area contributed by atoms with Crippen LogP contribution >= 0.6 is 0 Å². The highest BCUT2D eigenvalue weighted by molar-refractivity contribution is 5.69. The van der Waals surface area contributed by atoms with Gasteiger partial charge < -0.3 is 9.64 Å². The molecule has 126 valence electrons. The lowest BCUT2D eigenvalue weighted by atomic mass is 10.1. The molecule has 0 bridgehead atoms. The largest absolute Gasteiger partial charge is 0.488 e. The van der Waals surface area contributed by atoms with Crippen LogP contribution in [0.4, 0.5) is 5.69 Å². The Morgan fingerprint density at radius 3 is 2.32 bits per heavy atom. The predicted octanol–water partition coefficient (Wildman–Crippen LogP) is 4.54. The number of benzene rings is 2. The molecule has 0 atom stereocenters. The van der Waals surface area contributed by atoms with Gasteiger partial charge in [-0.2, -0.15) is 10.5 Å². The minimum atomic E-state index is 0.0557. The van der Waals surface area contributed by atoms with Gasteiger partial charge in [0.25, 0.3) is 0 Å². The molecule has 0 saturated carbocycles. The Hall–Kier alpha value is -3.24. The predicted molar refractivity (Wildman–Crippen MR) is 100.0 cm³/mol. The molecule has 0 spiro atoms. The van der Waals surface area contributed by atoms with Crippen LogP contribution in [0.15, 0.2) is 54.1 Å². The van der Waals surface area contributed by atoms with Crippen molar-refractivity contribution in [2.45, 2.75) is 20.5 Å². The fraction of sp³-hybridized carbons (Fsp3) is 0.238. The van der Waals surface area contributed by atoms with E-state index in [9.17, 15) is 0 Å². The van der Waals surface area contributed by atoms with E-state index in [1.807, 2.05) is 60.7 Å². The molecule has 0 aliphatic rings. The number of ether oxygens (including phenoxy) is 1. The monoisotopic (exact) mass is 331 g/mol. The molecule has 0 N–H and O–H groups in total. The third-order valence-electron chi connectivity index (χ3n) is 3.90. The normalized spacial score (nSPS) is 9.60. The van der Waals surface area contributed by atoms with E-state index >= 15 is 0 Å². The van der Waals surface area contributed by atoms with E-state index in [2.05, 4.69) is 18.7 Å². The first-order chi connectivity index (χ1) is 12.2. The molecular formula is C21H21N3O. The quantitative estimate of drug-likeness (QED) is 0.699. The molecule has 0 amide bonds. The highest BCUT2D eigenvalue weighted by Gasteiger charge is 2.09. The molecule has 0 fully saturated rings. The van der Waals surface area contributed by atoms with Crippen molar-refractivity contribution in [3.8, 4) is 17.9 Å². The fourth-order valence-corrected chi connectivity index (χ4v) is 2.53. The number of rotatable bonds is 7. The van der Waals surface area contributed by atoms with E-state index < -0.39 is 0 Å². The third kappa shape index (κ3) is 4.86. The van der Waals surface area contributed by atoms with Gasteiger partial charge in [0.05, 0.1) is 0 Å². The molecule has 4 nitrogen and oxygen atoms in total. The summed E-state index contributed by atoms with van der Waals surface area (Å²) in [6.07, 6.45) is 1.56. The van der Waals surface area contributed by atoms with Crippen LogP contribution in [0.5, 0.6) is 5.75 Å². The summed E-state index contributed by atoms with van der Waals surface area (Å²) in [5.41, 5.74) is 2.90. The van der Waals surface area contributed by atoms with Gasteiger partial charge in [-0.3, -0.25) is 0 Å². The van der Waals surface area contributed by atoms with Crippen LogP contribution in [0.25, 0.3) is 6.08 Å². The standard InChI is InChI=1S/C21H21N3O/c1-3-24(4-2)20-11-10-19(12-18(14-22)15-23)21(13-20)25-16-17-8-6-5-7-9-17/h5-13H,3-4,16H2,1-2H3. The Labute approximate surface area is 149 Å². The first-order valence-electron chi connectivity index (χ1n) is 8.29. The maximum absolute atomic E-state index is 9.02. The summed E-state index contributed by atoms with van der Waals surface area (Å²) in [5, 5.41) is 18.0. The molecule has 0 radical (unpaired) electrons. The molecule has 25 heavy (non-hydrogen) atoms. The summed E-state index contributed by atoms with van der Waals surface area (Å²) in [5.74, 6) is 0.663. The highest BCUT2D eigenvalue weighted by atomic mass is 16.5. The molecule has 0 heterocycles. The Balaban J connectivity index is 2.37. The minimum Gasteiger partial charge on any atom is -0.488 e. The second-order valence-electron chi connectivity index (χ2n) is 5.45. The summed E-state index contributed by atoms with van der Waals surface area (Å²) in [6.45, 7) is 6.42. The number of anilines is 1. The molecule has 2 aromatic rings. The Morgan fingerprint density at radius 1 is 1.04 bits per heavy atom. The van der Waals surface area contributed by atoms with Gasteiger partial charge in [0, 0.05) is 30.4 Å². The smallest absolute Gasteiger partial charge is 0.130 e. The van der Waals surface area contributed by atoms with Crippen molar-refractivity contribution in [2.75, 3.05) is 18.0 Å². The van der Waals surface area contributed by atoms with Gasteiger partial charge >= 0.3 is 0 Å². The zero-order valence-corrected chi connectivity index (χ0v) is 14.6. The topological polar surface area (TPSA) is 60.0 Å². The highest BCUT2D eigenvalue weighted by Crippen LogP contribution is 2.28. The van der Waals surface area contributed by atoms with Gasteiger partial charge in [0.15, 0.2) is 0 Å². The summed E-state index contributed by atoms with van der Waals surface area (Å²) in [7, 11) is 0. The van der Waals surface area contributed by atoms with Crippen LogP contribution < -0.4 is 9.64 Å². The summed E-state index contributed by atoms with van der Waals surface area (Å²) in [6, 6.07) is 19.5. The Kier molecular flexibility index (Phi) is 6.63. The van der Waals surface area contributed by atoms with Crippen molar-refractivity contribution >= 4 is 11.8 Å². The molecule has 4 heteroatoms. The minimum absolute atomic E-state index is 0.0557.